The number of hydrogen-bond donors (Lipinski definition) is 1. The van der Waals surface area contributed by atoms with Crippen LogP contribution in [0.25, 0.3) is 0 Å². The number of hydrogen-bond acceptors (Lipinski definition) is 2. The first-order valence-corrected chi connectivity index (χ1v) is 9.12. The molecular formula is C20H18BrN3O. The fraction of sp³-hybridized carbons (Fsp3) is 0.200. The summed E-state index contributed by atoms with van der Waals surface area (Å²) >= 11 is 3.44. The lowest BCUT2D eigenvalue weighted by Gasteiger charge is -2.09. The molecule has 1 amide bonds. The van der Waals surface area contributed by atoms with Crippen LogP contribution >= 0.6 is 15.9 Å². The van der Waals surface area contributed by atoms with E-state index in [2.05, 4.69) is 50.6 Å². The predicted molar refractivity (Wildman–Crippen MR) is 101 cm³/mol. The van der Waals surface area contributed by atoms with Crippen LogP contribution in [0.15, 0.2) is 71.3 Å². The van der Waals surface area contributed by atoms with Gasteiger partial charge in [-0.2, -0.15) is 5.10 Å². The molecule has 1 fully saturated rings. The third kappa shape index (κ3) is 3.66. The highest BCUT2D eigenvalue weighted by Crippen LogP contribution is 2.48. The van der Waals surface area contributed by atoms with Crippen molar-refractivity contribution in [2.75, 3.05) is 5.32 Å². The van der Waals surface area contributed by atoms with E-state index in [1.807, 2.05) is 41.1 Å². The van der Waals surface area contributed by atoms with Gasteiger partial charge >= 0.3 is 0 Å². The summed E-state index contributed by atoms with van der Waals surface area (Å²) in [6, 6.07) is 20.2. The van der Waals surface area contributed by atoms with Crippen LogP contribution in [0.2, 0.25) is 0 Å². The quantitative estimate of drug-likeness (QED) is 0.693. The van der Waals surface area contributed by atoms with Gasteiger partial charge in [0.2, 0.25) is 5.91 Å². The number of rotatable bonds is 5. The molecule has 0 radical (unpaired) electrons. The van der Waals surface area contributed by atoms with Crippen LogP contribution in [0.1, 0.15) is 23.5 Å². The molecule has 0 saturated heterocycles. The third-order valence-corrected chi connectivity index (χ3v) is 5.10. The molecule has 126 valence electrons. The van der Waals surface area contributed by atoms with Crippen LogP contribution in [-0.2, 0) is 11.3 Å². The lowest BCUT2D eigenvalue weighted by atomic mass is 10.1. The topological polar surface area (TPSA) is 46.9 Å². The normalized spacial score (nSPS) is 18.8. The van der Waals surface area contributed by atoms with E-state index in [0.717, 1.165) is 22.3 Å². The Kier molecular flexibility index (Phi) is 4.40. The first-order chi connectivity index (χ1) is 12.2. The summed E-state index contributed by atoms with van der Waals surface area (Å²) in [4.78, 5) is 12.6. The first kappa shape index (κ1) is 16.1. The van der Waals surface area contributed by atoms with E-state index in [1.165, 1.54) is 5.56 Å². The van der Waals surface area contributed by atoms with E-state index in [9.17, 15) is 4.79 Å². The van der Waals surface area contributed by atoms with Crippen LogP contribution in [0.3, 0.4) is 0 Å². The fourth-order valence-corrected chi connectivity index (χ4v) is 3.37. The van der Waals surface area contributed by atoms with Crippen molar-refractivity contribution in [1.82, 2.24) is 9.78 Å². The second-order valence-corrected chi connectivity index (χ2v) is 7.26. The van der Waals surface area contributed by atoms with Gasteiger partial charge in [-0.05, 0) is 35.6 Å². The molecule has 0 spiro atoms. The summed E-state index contributed by atoms with van der Waals surface area (Å²) in [6.45, 7) is 0.643. The predicted octanol–water partition coefficient (Wildman–Crippen LogP) is 4.44. The molecule has 0 aliphatic heterocycles. The lowest BCUT2D eigenvalue weighted by Crippen LogP contribution is -2.18. The Balaban J connectivity index is 1.41. The average molecular weight is 396 g/mol. The smallest absolute Gasteiger partial charge is 0.229 e. The Morgan fingerprint density at radius 3 is 2.64 bits per heavy atom. The molecule has 1 aliphatic carbocycles. The number of anilines is 1. The highest BCUT2D eigenvalue weighted by atomic mass is 79.9. The van der Waals surface area contributed by atoms with Crippen molar-refractivity contribution in [3.8, 4) is 0 Å². The molecule has 4 rings (SSSR count). The number of aromatic nitrogens is 2. The molecule has 1 aliphatic rings. The molecule has 2 unspecified atom stereocenters. The zero-order chi connectivity index (χ0) is 17.2. The molecule has 3 aromatic rings. The number of nitrogens with zero attached hydrogens (tertiary/aromatic N) is 2. The Morgan fingerprint density at radius 2 is 1.88 bits per heavy atom. The number of nitrogens with one attached hydrogen (secondary N) is 1. The summed E-state index contributed by atoms with van der Waals surface area (Å²) in [5.41, 5.74) is 2.38. The Hall–Kier alpha value is -2.40. The van der Waals surface area contributed by atoms with Gasteiger partial charge in [-0.15, -0.1) is 0 Å². The minimum absolute atomic E-state index is 0.0428. The molecule has 1 heterocycles. The lowest BCUT2D eigenvalue weighted by molar-refractivity contribution is -0.117. The van der Waals surface area contributed by atoms with Gasteiger partial charge in [0.1, 0.15) is 5.82 Å². The van der Waals surface area contributed by atoms with Gasteiger partial charge in [0.05, 0.1) is 12.7 Å². The zero-order valence-corrected chi connectivity index (χ0v) is 15.2. The Labute approximate surface area is 155 Å². The van der Waals surface area contributed by atoms with E-state index in [1.54, 1.807) is 6.20 Å². The summed E-state index contributed by atoms with van der Waals surface area (Å²) < 4.78 is 2.88. The van der Waals surface area contributed by atoms with Crippen LogP contribution in [0.4, 0.5) is 5.82 Å². The van der Waals surface area contributed by atoms with Crippen LogP contribution in [0.5, 0.6) is 0 Å². The number of amides is 1. The van der Waals surface area contributed by atoms with Crippen LogP contribution in [0, 0.1) is 5.92 Å². The average Bonchev–Trinajstić information content (AvgIpc) is 3.32. The molecule has 5 heteroatoms. The molecule has 2 atom stereocenters. The first-order valence-electron chi connectivity index (χ1n) is 8.33. The number of halogens is 1. The monoisotopic (exact) mass is 395 g/mol. The maximum absolute atomic E-state index is 12.6. The molecule has 1 aromatic heterocycles. The minimum atomic E-state index is 0.0428. The minimum Gasteiger partial charge on any atom is -0.311 e. The summed E-state index contributed by atoms with van der Waals surface area (Å²) in [7, 11) is 0. The van der Waals surface area contributed by atoms with Crippen molar-refractivity contribution in [1.29, 1.82) is 0 Å². The third-order valence-electron chi connectivity index (χ3n) is 4.57. The molecule has 1 saturated carbocycles. The van der Waals surface area contributed by atoms with E-state index < -0.39 is 0 Å². The van der Waals surface area contributed by atoms with E-state index >= 15 is 0 Å². The van der Waals surface area contributed by atoms with Crippen LogP contribution in [-0.4, -0.2) is 15.7 Å². The molecule has 4 nitrogen and oxygen atoms in total. The van der Waals surface area contributed by atoms with Crippen molar-refractivity contribution >= 4 is 27.7 Å². The summed E-state index contributed by atoms with van der Waals surface area (Å²) in [6.07, 6.45) is 2.62. The molecular weight excluding hydrogens is 378 g/mol. The maximum Gasteiger partial charge on any atom is 0.229 e. The number of carbonyl (C=O) groups excluding carboxylic acids is 1. The Morgan fingerprint density at radius 1 is 1.12 bits per heavy atom. The van der Waals surface area contributed by atoms with Crippen LogP contribution < -0.4 is 5.32 Å². The van der Waals surface area contributed by atoms with Gasteiger partial charge in [0.25, 0.3) is 0 Å². The second kappa shape index (κ2) is 6.84. The molecule has 25 heavy (non-hydrogen) atoms. The van der Waals surface area contributed by atoms with Gasteiger partial charge in [-0.1, -0.05) is 58.4 Å². The van der Waals surface area contributed by atoms with Crippen molar-refractivity contribution in [2.24, 2.45) is 5.92 Å². The second-order valence-electron chi connectivity index (χ2n) is 6.35. The maximum atomic E-state index is 12.6. The zero-order valence-electron chi connectivity index (χ0n) is 13.6. The number of carbonyl (C=O) groups is 1. The van der Waals surface area contributed by atoms with Crippen molar-refractivity contribution in [3.63, 3.8) is 0 Å². The van der Waals surface area contributed by atoms with E-state index in [4.69, 9.17) is 0 Å². The standard InChI is InChI=1S/C20H18BrN3O/c21-16-8-6-15(7-9-16)17-12-18(17)20(25)23-19-10-11-22-24(19)13-14-4-2-1-3-5-14/h1-11,17-18H,12-13H2,(H,23,25). The van der Waals surface area contributed by atoms with Gasteiger partial charge in [0, 0.05) is 16.5 Å². The number of benzene rings is 2. The Bertz CT molecular complexity index is 873. The van der Waals surface area contributed by atoms with Gasteiger partial charge < -0.3 is 5.32 Å². The van der Waals surface area contributed by atoms with Gasteiger partial charge in [-0.3, -0.25) is 4.79 Å². The van der Waals surface area contributed by atoms with Crippen molar-refractivity contribution in [3.05, 3.63) is 82.5 Å². The highest BCUT2D eigenvalue weighted by Gasteiger charge is 2.44. The summed E-state index contributed by atoms with van der Waals surface area (Å²) in [5, 5.41) is 7.36. The van der Waals surface area contributed by atoms with Gasteiger partial charge in [0.15, 0.2) is 0 Å². The van der Waals surface area contributed by atoms with E-state index in [-0.39, 0.29) is 11.8 Å². The largest absolute Gasteiger partial charge is 0.311 e. The molecule has 0 bridgehead atoms. The molecule has 2 aromatic carbocycles. The van der Waals surface area contributed by atoms with Gasteiger partial charge in [-0.25, -0.2) is 4.68 Å². The van der Waals surface area contributed by atoms with Crippen molar-refractivity contribution in [2.45, 2.75) is 18.9 Å². The SMILES string of the molecule is O=C(Nc1ccnn1Cc1ccccc1)C1CC1c1ccc(Br)cc1. The highest BCUT2D eigenvalue weighted by molar-refractivity contribution is 9.10. The summed E-state index contributed by atoms with van der Waals surface area (Å²) in [5.74, 6) is 1.18. The van der Waals surface area contributed by atoms with E-state index in [0.29, 0.717) is 12.5 Å². The molecule has 1 N–H and O–H groups in total. The van der Waals surface area contributed by atoms with Crippen molar-refractivity contribution < 1.29 is 4.79 Å². The fourth-order valence-electron chi connectivity index (χ4n) is 3.10.